The molecular weight excluding hydrogens is 1070 g/mol. The molecule has 3 heterocycles. The Labute approximate surface area is 435 Å². The van der Waals surface area contributed by atoms with Gasteiger partial charge in [-0.3, -0.25) is 16.5 Å². The molecular formula is C42H74F6N7O22+. The standard InChI is InChI=1S/C15H25F2N3O7.C13H21F2N3O7.C12H19F2NO7.CH4O.CH4/c1-3-26-13(25)15(17)12(16)9(20-14(18)19)7(4-6(2)22)11(27-15)10(24)8(23)5-21;1-4(20)2-5-7(18-12(16)17)10(14)13(15,11(23)24)25-9(5)8(22)6(21)3-19;1-4(17)2-5-7(15)10(13)12(14,11(20)21)22-9(5)8(19)6(18)3-16;1-2;/h7-12,21,23-24H,3-5H2,1-2H3,(H4,18,19,20);5-10,19,21-22H,2-3H2,1H3,(H,23,24)(H4,16,17,18);5-10,16,18-19H,2-3,15H2,1H3,(H,20,21);2H,1H3;1H4/p+1/t7-,8-,9+,10-,11?,12?,15-;5-,6-,7+,8-,9?,10?,13-;5-,6-,7+,8-,9?,10?,12-;;/m111../s1. The van der Waals surface area contributed by atoms with E-state index >= 15 is 4.39 Å². The first-order chi connectivity index (χ1) is 35.0. The number of halogens is 6. The smallest absolute Gasteiger partial charge is 0.375 e. The number of hydrogen-bond acceptors (Lipinski definition) is 22. The number of ether oxygens (including phenoxy) is 4. The van der Waals surface area contributed by atoms with Gasteiger partial charge in [0.15, 0.2) is 18.3 Å². The third kappa shape index (κ3) is 18.5. The molecule has 3 aliphatic heterocycles. The average molecular weight is 1140 g/mol. The average Bonchev–Trinajstić information content (AvgIpc) is 3.34. The number of aliphatic imine (C=N–C) groups is 1. The predicted molar refractivity (Wildman–Crippen MR) is 247 cm³/mol. The van der Waals surface area contributed by atoms with Gasteiger partial charge in [-0.05, 0) is 27.7 Å². The van der Waals surface area contributed by atoms with Crippen molar-refractivity contribution in [2.45, 2.75) is 164 Å². The highest BCUT2D eigenvalue weighted by Gasteiger charge is 2.66. The van der Waals surface area contributed by atoms with Gasteiger partial charge in [-0.25, -0.2) is 32.5 Å². The van der Waals surface area contributed by atoms with Crippen LogP contribution in [0.25, 0.3) is 0 Å². The Morgan fingerprint density at radius 2 is 0.948 bits per heavy atom. The second kappa shape index (κ2) is 32.2. The number of carboxylic acids is 2. The molecule has 6 unspecified atom stereocenters. The summed E-state index contributed by atoms with van der Waals surface area (Å²) < 4.78 is 106. The molecule has 3 rings (SSSR count). The molecule has 21 atom stereocenters. The Balaban J connectivity index is 0. The number of carbonyl (C=O) groups is 6. The minimum absolute atomic E-state index is 0. The molecule has 0 saturated carbocycles. The maximum atomic E-state index is 15.2. The second-order valence-corrected chi connectivity index (χ2v) is 17.4. The third-order valence-electron chi connectivity index (χ3n) is 11.7. The fourth-order valence-corrected chi connectivity index (χ4v) is 8.13. The minimum Gasteiger partial charge on any atom is -0.477 e. The van der Waals surface area contributed by atoms with Crippen LogP contribution >= 0.6 is 0 Å². The van der Waals surface area contributed by atoms with Crippen LogP contribution in [0.3, 0.4) is 0 Å². The lowest BCUT2D eigenvalue weighted by Gasteiger charge is -2.45. The van der Waals surface area contributed by atoms with E-state index in [1.54, 1.807) is 0 Å². The highest BCUT2D eigenvalue weighted by Crippen LogP contribution is 2.43. The topological polar surface area (TPSA) is 539 Å². The predicted octanol–water partition coefficient (Wildman–Crippen LogP) is -8.24. The molecule has 450 valence electrons. The Bertz CT molecular complexity index is 1990. The van der Waals surface area contributed by atoms with E-state index in [9.17, 15) is 81.4 Å². The van der Waals surface area contributed by atoms with Crippen molar-refractivity contribution in [2.75, 3.05) is 33.5 Å². The van der Waals surface area contributed by atoms with Crippen LogP contribution in [0.5, 0.6) is 0 Å². The number of nitrogens with one attached hydrogen (secondary N) is 1. The summed E-state index contributed by atoms with van der Waals surface area (Å²) in [6.07, 6.45) is -26.6. The van der Waals surface area contributed by atoms with E-state index in [4.69, 9.17) is 64.0 Å². The van der Waals surface area contributed by atoms with Crippen molar-refractivity contribution in [2.24, 2.45) is 51.4 Å². The third-order valence-corrected chi connectivity index (χ3v) is 11.7. The van der Waals surface area contributed by atoms with Gasteiger partial charge in [-0.15, -0.1) is 0 Å². The van der Waals surface area contributed by atoms with Crippen molar-refractivity contribution < 1.29 is 140 Å². The first kappa shape index (κ1) is 74.1. The van der Waals surface area contributed by atoms with Crippen LogP contribution < -0.4 is 33.7 Å². The first-order valence-corrected chi connectivity index (χ1v) is 22.5. The number of nitrogens with zero attached hydrogens (tertiary/aromatic N) is 1. The van der Waals surface area contributed by atoms with Crippen LogP contribution in [-0.4, -0.2) is 251 Å². The van der Waals surface area contributed by atoms with Crippen molar-refractivity contribution in [1.29, 1.82) is 0 Å². The van der Waals surface area contributed by atoms with Gasteiger partial charge in [-0.1, -0.05) is 7.43 Å². The lowest BCUT2D eigenvalue weighted by atomic mass is 9.78. The molecule has 3 fully saturated rings. The van der Waals surface area contributed by atoms with Crippen molar-refractivity contribution in [3.05, 3.63) is 0 Å². The number of hydrogen-bond donors (Lipinski definition) is 18. The largest absolute Gasteiger partial charge is 0.477 e. The number of carbonyl (C=O) groups excluding carboxylic acids is 4. The molecule has 0 aromatic rings. The van der Waals surface area contributed by atoms with Crippen LogP contribution in [0.15, 0.2) is 4.99 Å². The maximum Gasteiger partial charge on any atom is 0.375 e. The van der Waals surface area contributed by atoms with Gasteiger partial charge in [0.1, 0.15) is 60.0 Å². The highest BCUT2D eigenvalue weighted by atomic mass is 19.2. The molecule has 0 amide bonds. The maximum absolute atomic E-state index is 15.2. The molecule has 0 radical (unpaired) electrons. The summed E-state index contributed by atoms with van der Waals surface area (Å²) in [5.74, 6) is -24.4. The van der Waals surface area contributed by atoms with E-state index in [2.05, 4.69) is 24.2 Å². The number of esters is 1. The van der Waals surface area contributed by atoms with E-state index < -0.39 is 213 Å². The monoisotopic (exact) mass is 1140 g/mol. The molecule has 3 saturated heterocycles. The summed E-state index contributed by atoms with van der Waals surface area (Å²) in [5, 5.41) is 110. The summed E-state index contributed by atoms with van der Waals surface area (Å²) in [5.41, 5.74) is 26.4. The first-order valence-electron chi connectivity index (χ1n) is 22.5. The van der Waals surface area contributed by atoms with Gasteiger partial charge in [0.05, 0.1) is 50.8 Å². The van der Waals surface area contributed by atoms with Gasteiger partial charge < -0.3 is 112 Å². The molecule has 35 heteroatoms. The zero-order valence-corrected chi connectivity index (χ0v) is 41.4. The van der Waals surface area contributed by atoms with E-state index in [0.717, 1.165) is 27.9 Å². The molecule has 0 aromatic heterocycles. The molecule has 3 aliphatic rings. The molecule has 0 aromatic carbocycles. The molecule has 77 heavy (non-hydrogen) atoms. The molecule has 23 N–H and O–H groups in total. The number of rotatable bonds is 21. The number of nitrogens with two attached hydrogens (primary N) is 5. The zero-order chi connectivity index (χ0) is 59.7. The van der Waals surface area contributed by atoms with E-state index in [-0.39, 0.29) is 14.0 Å². The van der Waals surface area contributed by atoms with Crippen molar-refractivity contribution in [1.82, 2.24) is 0 Å². The van der Waals surface area contributed by atoms with Gasteiger partial charge in [0.2, 0.25) is 6.17 Å². The number of aliphatic hydroxyl groups excluding tert-OH is 10. The van der Waals surface area contributed by atoms with Crippen LogP contribution in [0.2, 0.25) is 0 Å². The fourth-order valence-electron chi connectivity index (χ4n) is 8.13. The number of alkyl halides is 6. The van der Waals surface area contributed by atoms with Crippen molar-refractivity contribution >= 4 is 47.2 Å². The summed E-state index contributed by atoms with van der Waals surface area (Å²) in [7, 11) is 1.00. The second-order valence-electron chi connectivity index (χ2n) is 17.4. The van der Waals surface area contributed by atoms with Gasteiger partial charge >= 0.3 is 41.4 Å². The van der Waals surface area contributed by atoms with Crippen LogP contribution in [0.1, 0.15) is 54.4 Å². The number of aliphatic carboxylic acids is 2. The minimum atomic E-state index is -3.93. The number of carboxylic acid groups (broad SMARTS) is 2. The number of Topliss-reactive ketones (excluding diaryl/α,β-unsaturated/α-hetero) is 3. The molecule has 0 bridgehead atoms. The molecule has 0 aliphatic carbocycles. The molecule has 29 nitrogen and oxygen atoms in total. The summed E-state index contributed by atoms with van der Waals surface area (Å²) in [6, 6.07) is -5.31. The Morgan fingerprint density at radius 3 is 1.29 bits per heavy atom. The highest BCUT2D eigenvalue weighted by molar-refractivity contribution is 5.81. The van der Waals surface area contributed by atoms with Crippen molar-refractivity contribution in [3.8, 4) is 0 Å². The van der Waals surface area contributed by atoms with E-state index in [1.165, 1.54) is 6.92 Å². The Kier molecular flexibility index (Phi) is 30.9. The number of ketones is 3. The Hall–Kier alpha value is -5.02. The number of aliphatic hydroxyl groups is 10. The van der Waals surface area contributed by atoms with E-state index in [1.807, 2.05) is 0 Å². The summed E-state index contributed by atoms with van der Waals surface area (Å²) >= 11 is 0. The van der Waals surface area contributed by atoms with Gasteiger partial charge in [0.25, 0.3) is 0 Å². The lowest BCUT2D eigenvalue weighted by molar-refractivity contribution is -0.549. The summed E-state index contributed by atoms with van der Waals surface area (Å²) in [6.45, 7) is 1.64. The van der Waals surface area contributed by atoms with Crippen LogP contribution in [0, 0.1) is 17.8 Å². The van der Waals surface area contributed by atoms with Crippen LogP contribution in [0.4, 0.5) is 26.3 Å². The summed E-state index contributed by atoms with van der Waals surface area (Å²) in [4.78, 5) is 74.0. The van der Waals surface area contributed by atoms with Crippen LogP contribution in [-0.2, 0) is 47.7 Å². The quantitative estimate of drug-likeness (QED) is 0.0220. The Morgan fingerprint density at radius 1 is 0.610 bits per heavy atom. The lowest BCUT2D eigenvalue weighted by Crippen LogP contribution is -2.91. The van der Waals surface area contributed by atoms with Gasteiger partial charge in [-0.2, -0.15) is 13.2 Å². The van der Waals surface area contributed by atoms with Gasteiger partial charge in [0, 0.05) is 50.2 Å². The van der Waals surface area contributed by atoms with E-state index in [0.29, 0.717) is 0 Å². The molecule has 0 spiro atoms. The zero-order valence-electron chi connectivity index (χ0n) is 41.4. The SMILES string of the molecule is C.CC(=O)C[C@H]1C([C@H](O)[C@H](O)CO)O[C@@](F)(C(=O)O)C(F)[C@H]1N.CC(=O)C[C@H]1C([C@H](O)[C@H](O)CO)O[C@@](F)(C(=O)O)C(F)[C@H]1N=C(N)N.CCOC(=O)[C@]1(F)OC([C@H](O)[C@H](O)CO)[C@H](CC(C)=O)[C@H]([NH+]=C(N)N)C1F.CO. The van der Waals surface area contributed by atoms with Crippen molar-refractivity contribution in [3.63, 3.8) is 0 Å². The number of guanidine groups is 2. The fraction of sp³-hybridized carbons (Fsp3) is 0.810. The normalized spacial score (nSPS) is 33.9.